The van der Waals surface area contributed by atoms with E-state index in [1.807, 2.05) is 13.0 Å². The zero-order valence-corrected chi connectivity index (χ0v) is 15.0. The third-order valence-corrected chi connectivity index (χ3v) is 2.72. The fraction of sp³-hybridized carbons (Fsp3) is 0.200. The number of nitrogens with one attached hydrogen (secondary N) is 1. The fourth-order valence-corrected chi connectivity index (χ4v) is 1.81. The highest BCUT2D eigenvalue weighted by Gasteiger charge is 2.30. The van der Waals surface area contributed by atoms with Crippen LogP contribution in [0.1, 0.15) is 11.1 Å². The van der Waals surface area contributed by atoms with Crippen LogP contribution in [-0.4, -0.2) is 17.3 Å². The van der Waals surface area contributed by atoms with Gasteiger partial charge >= 0.3 is 6.36 Å². The molecule has 0 unspecified atom stereocenters. The fourth-order valence-electron chi connectivity index (χ4n) is 1.81. The average Bonchev–Trinajstić information content (AvgIpc) is 2.46. The van der Waals surface area contributed by atoms with Crippen LogP contribution in [0.15, 0.2) is 47.7 Å². The Morgan fingerprint density at radius 1 is 1.25 bits per heavy atom. The molecule has 1 aromatic carbocycles. The van der Waals surface area contributed by atoms with Crippen LogP contribution in [0, 0.1) is 6.92 Å². The Morgan fingerprint density at radius 2 is 1.92 bits per heavy atom. The van der Waals surface area contributed by atoms with E-state index in [1.165, 1.54) is 24.3 Å². The van der Waals surface area contributed by atoms with Gasteiger partial charge in [-0.15, -0.1) is 37.1 Å². The number of aryl methyl sites for hydroxylation is 1. The number of nitrogens with two attached hydrogens (primary N) is 1. The lowest BCUT2D eigenvalue weighted by Crippen LogP contribution is -2.22. The van der Waals surface area contributed by atoms with Crippen molar-refractivity contribution in [3.63, 3.8) is 0 Å². The maximum absolute atomic E-state index is 12.1. The second-order valence-electron chi connectivity index (χ2n) is 4.77. The van der Waals surface area contributed by atoms with Gasteiger partial charge in [0.1, 0.15) is 5.75 Å². The number of hydrogen-bond acceptors (Lipinski definition) is 3. The summed E-state index contributed by atoms with van der Waals surface area (Å²) in [6.07, 6.45) is -1.29. The summed E-state index contributed by atoms with van der Waals surface area (Å²) < 4.78 is 40.0. The van der Waals surface area contributed by atoms with E-state index in [9.17, 15) is 13.2 Å². The summed E-state index contributed by atoms with van der Waals surface area (Å²) in [6, 6.07) is 7.14. The molecule has 0 saturated heterocycles. The Balaban J connectivity index is 0.00000288. The van der Waals surface area contributed by atoms with Gasteiger partial charge in [-0.2, -0.15) is 0 Å². The smallest absolute Gasteiger partial charge is 0.406 e. The van der Waals surface area contributed by atoms with E-state index in [0.29, 0.717) is 12.2 Å². The van der Waals surface area contributed by atoms with Crippen molar-refractivity contribution < 1.29 is 17.9 Å². The predicted molar refractivity (Wildman–Crippen MR) is 96.5 cm³/mol. The van der Waals surface area contributed by atoms with Gasteiger partial charge in [-0.05, 0) is 42.3 Å². The number of pyridine rings is 1. The quantitative estimate of drug-likeness (QED) is 0.420. The summed E-state index contributed by atoms with van der Waals surface area (Å²) in [5, 5.41) is 2.79. The van der Waals surface area contributed by atoms with E-state index in [4.69, 9.17) is 5.73 Å². The number of ether oxygens (including phenoxy) is 1. The van der Waals surface area contributed by atoms with Crippen LogP contribution in [0.3, 0.4) is 0 Å². The second kappa shape index (κ2) is 8.71. The number of rotatable bonds is 4. The number of halogens is 4. The van der Waals surface area contributed by atoms with Crippen molar-refractivity contribution in [2.24, 2.45) is 10.7 Å². The number of benzene rings is 1. The summed E-state index contributed by atoms with van der Waals surface area (Å²) >= 11 is 0. The molecule has 0 bridgehead atoms. The number of nitrogens with zero attached hydrogens (tertiary/aromatic N) is 2. The van der Waals surface area contributed by atoms with Crippen LogP contribution in [0.25, 0.3) is 0 Å². The first-order valence-corrected chi connectivity index (χ1v) is 6.65. The molecule has 0 aliphatic heterocycles. The van der Waals surface area contributed by atoms with E-state index in [0.717, 1.165) is 11.1 Å². The van der Waals surface area contributed by atoms with Crippen LogP contribution < -0.4 is 15.8 Å². The summed E-state index contributed by atoms with van der Waals surface area (Å²) in [6.45, 7) is 2.27. The van der Waals surface area contributed by atoms with Gasteiger partial charge < -0.3 is 15.8 Å². The van der Waals surface area contributed by atoms with Crippen LogP contribution >= 0.6 is 24.0 Å². The topological polar surface area (TPSA) is 72.5 Å². The zero-order chi connectivity index (χ0) is 16.9. The molecule has 0 spiro atoms. The molecule has 2 aromatic rings. The van der Waals surface area contributed by atoms with Gasteiger partial charge in [-0.25, -0.2) is 4.99 Å². The van der Waals surface area contributed by atoms with E-state index in [-0.39, 0.29) is 35.7 Å². The van der Waals surface area contributed by atoms with Gasteiger partial charge in [-0.1, -0.05) is 6.07 Å². The Labute approximate surface area is 154 Å². The van der Waals surface area contributed by atoms with Gasteiger partial charge in [0, 0.05) is 18.1 Å². The standard InChI is InChI=1S/C15H15F3N4O.HI/c1-10-6-11(8-20-7-10)9-21-14(19)22-12-2-4-13(5-3-12)23-15(16,17)18;/h2-8H,9H2,1H3,(H3,19,21,22);1H. The third kappa shape index (κ3) is 7.02. The normalized spacial score (nSPS) is 11.6. The monoisotopic (exact) mass is 452 g/mol. The number of alkyl halides is 3. The Morgan fingerprint density at radius 3 is 2.50 bits per heavy atom. The Bertz CT molecular complexity index is 690. The minimum absolute atomic E-state index is 0. The average molecular weight is 452 g/mol. The molecule has 9 heteroatoms. The minimum Gasteiger partial charge on any atom is -0.406 e. The molecule has 3 N–H and O–H groups in total. The van der Waals surface area contributed by atoms with Crippen LogP contribution in [0.5, 0.6) is 5.75 Å². The van der Waals surface area contributed by atoms with Crippen molar-refractivity contribution in [2.45, 2.75) is 19.8 Å². The van der Waals surface area contributed by atoms with Crippen molar-refractivity contribution in [3.05, 3.63) is 53.9 Å². The highest BCUT2D eigenvalue weighted by atomic mass is 127. The van der Waals surface area contributed by atoms with Gasteiger partial charge in [0.15, 0.2) is 5.96 Å². The first kappa shape index (κ1) is 20.0. The van der Waals surface area contributed by atoms with Crippen LogP contribution in [-0.2, 0) is 6.54 Å². The summed E-state index contributed by atoms with van der Waals surface area (Å²) in [5.74, 6) is -0.152. The summed E-state index contributed by atoms with van der Waals surface area (Å²) in [4.78, 5) is 8.19. The van der Waals surface area contributed by atoms with Gasteiger partial charge in [-0.3, -0.25) is 4.98 Å². The number of guanidine groups is 1. The van der Waals surface area contributed by atoms with E-state index < -0.39 is 6.36 Å². The van der Waals surface area contributed by atoms with Gasteiger partial charge in [0.25, 0.3) is 0 Å². The molecule has 0 amide bonds. The van der Waals surface area contributed by atoms with E-state index in [2.05, 4.69) is 20.0 Å². The molecule has 0 aliphatic rings. The van der Waals surface area contributed by atoms with Crippen molar-refractivity contribution in [1.82, 2.24) is 4.98 Å². The highest BCUT2D eigenvalue weighted by molar-refractivity contribution is 14.0. The van der Waals surface area contributed by atoms with Gasteiger partial charge in [0.2, 0.25) is 0 Å². The first-order chi connectivity index (χ1) is 10.8. The Kier molecular flexibility index (Phi) is 7.26. The van der Waals surface area contributed by atoms with Crippen molar-refractivity contribution in [2.75, 3.05) is 5.32 Å². The number of aliphatic imine (C=N–C) groups is 1. The molecule has 0 aliphatic carbocycles. The molecule has 0 saturated carbocycles. The molecule has 2 rings (SSSR count). The molecule has 24 heavy (non-hydrogen) atoms. The number of hydrogen-bond donors (Lipinski definition) is 2. The lowest BCUT2D eigenvalue weighted by Gasteiger charge is -2.10. The number of anilines is 1. The molecule has 0 atom stereocenters. The van der Waals surface area contributed by atoms with Crippen molar-refractivity contribution >= 4 is 35.6 Å². The minimum atomic E-state index is -4.71. The van der Waals surface area contributed by atoms with Crippen molar-refractivity contribution in [3.8, 4) is 5.75 Å². The Hall–Kier alpha value is -2.04. The lowest BCUT2D eigenvalue weighted by atomic mass is 10.2. The molecule has 1 aromatic heterocycles. The maximum atomic E-state index is 12.1. The van der Waals surface area contributed by atoms with Gasteiger partial charge in [0.05, 0.1) is 6.54 Å². The van der Waals surface area contributed by atoms with E-state index >= 15 is 0 Å². The maximum Gasteiger partial charge on any atom is 0.573 e. The largest absolute Gasteiger partial charge is 0.573 e. The lowest BCUT2D eigenvalue weighted by molar-refractivity contribution is -0.274. The highest BCUT2D eigenvalue weighted by Crippen LogP contribution is 2.23. The second-order valence-corrected chi connectivity index (χ2v) is 4.77. The first-order valence-electron chi connectivity index (χ1n) is 6.65. The molecular weight excluding hydrogens is 436 g/mol. The van der Waals surface area contributed by atoms with Crippen molar-refractivity contribution in [1.29, 1.82) is 0 Å². The molecule has 0 fully saturated rings. The molecule has 130 valence electrons. The van der Waals surface area contributed by atoms with E-state index in [1.54, 1.807) is 12.4 Å². The molecular formula is C15H16F3IN4O. The molecule has 0 radical (unpaired) electrons. The molecule has 5 nitrogen and oxygen atoms in total. The third-order valence-electron chi connectivity index (χ3n) is 2.72. The van der Waals surface area contributed by atoms with Crippen LogP contribution in [0.4, 0.5) is 18.9 Å². The SMILES string of the molecule is Cc1cncc(CN=C(N)Nc2ccc(OC(F)(F)F)cc2)c1.I. The predicted octanol–water partition coefficient (Wildman–Crippen LogP) is 3.83. The summed E-state index contributed by atoms with van der Waals surface area (Å²) in [7, 11) is 0. The van der Waals surface area contributed by atoms with Crippen LogP contribution in [0.2, 0.25) is 0 Å². The zero-order valence-electron chi connectivity index (χ0n) is 12.7. The molecule has 1 heterocycles. The summed E-state index contributed by atoms with van der Waals surface area (Å²) in [5.41, 5.74) is 8.17. The number of aromatic nitrogens is 1.